The summed E-state index contributed by atoms with van der Waals surface area (Å²) in [4.78, 5) is 12.3. The van der Waals surface area contributed by atoms with Gasteiger partial charge in [-0.1, -0.05) is 30.2 Å². The molecule has 0 aliphatic carbocycles. The first-order chi connectivity index (χ1) is 8.75. The number of para-hydroxylation sites is 1. The van der Waals surface area contributed by atoms with E-state index in [-0.39, 0.29) is 11.0 Å². The summed E-state index contributed by atoms with van der Waals surface area (Å²) >= 11 is 7.79. The minimum absolute atomic E-state index is 0.0538. The van der Waals surface area contributed by atoms with E-state index in [2.05, 4.69) is 0 Å². The molecule has 0 amide bonds. The zero-order valence-electron chi connectivity index (χ0n) is 9.82. The van der Waals surface area contributed by atoms with Gasteiger partial charge in [-0.25, -0.2) is 0 Å². The Kier molecular flexibility index (Phi) is 3.35. The number of Topliss-reactive ketones (excluding diaryl/α,β-unsaturated/α-hetero) is 1. The lowest BCUT2D eigenvalue weighted by Crippen LogP contribution is -2.20. The quantitative estimate of drug-likeness (QED) is 0.756. The van der Waals surface area contributed by atoms with Crippen molar-refractivity contribution in [3.63, 3.8) is 0 Å². The normalized spacial score (nSPS) is 20.2. The van der Waals surface area contributed by atoms with Gasteiger partial charge in [0.1, 0.15) is 0 Å². The van der Waals surface area contributed by atoms with Gasteiger partial charge in [0.2, 0.25) is 5.78 Å². The summed E-state index contributed by atoms with van der Waals surface area (Å²) < 4.78 is 5.62. The number of benzene rings is 1. The molecule has 94 valence electrons. The van der Waals surface area contributed by atoms with Gasteiger partial charge in [-0.3, -0.25) is 4.79 Å². The highest BCUT2D eigenvalue weighted by atomic mass is 35.5. The van der Waals surface area contributed by atoms with Gasteiger partial charge in [0.15, 0.2) is 11.3 Å². The monoisotopic (exact) mass is 280 g/mol. The molecule has 0 saturated carbocycles. The second kappa shape index (κ2) is 4.98. The van der Waals surface area contributed by atoms with Crippen LogP contribution >= 0.6 is 23.4 Å². The summed E-state index contributed by atoms with van der Waals surface area (Å²) in [6.45, 7) is 0. The van der Waals surface area contributed by atoms with Crippen molar-refractivity contribution in [2.45, 2.75) is 24.5 Å². The average Bonchev–Trinajstić information content (AvgIpc) is 2.84. The molecule has 1 atom stereocenters. The Morgan fingerprint density at radius 2 is 2.28 bits per heavy atom. The number of hydrogen-bond donors (Lipinski definition) is 0. The minimum Gasteiger partial charge on any atom is -0.451 e. The van der Waals surface area contributed by atoms with Crippen LogP contribution in [-0.4, -0.2) is 16.8 Å². The van der Waals surface area contributed by atoms with Crippen molar-refractivity contribution in [3.05, 3.63) is 35.0 Å². The van der Waals surface area contributed by atoms with E-state index in [4.69, 9.17) is 16.0 Å². The molecule has 1 aliphatic heterocycles. The fourth-order valence-corrected chi connectivity index (χ4v) is 3.73. The van der Waals surface area contributed by atoms with E-state index in [1.165, 1.54) is 6.42 Å². The number of thioether (sulfide) groups is 1. The van der Waals surface area contributed by atoms with Crippen molar-refractivity contribution in [2.75, 3.05) is 5.75 Å². The second-order valence-electron chi connectivity index (χ2n) is 4.49. The van der Waals surface area contributed by atoms with Crippen LogP contribution in [0.25, 0.3) is 11.0 Å². The Balaban J connectivity index is 1.94. The molecule has 2 nitrogen and oxygen atoms in total. The zero-order valence-corrected chi connectivity index (χ0v) is 11.4. The smallest absolute Gasteiger partial charge is 0.210 e. The van der Waals surface area contributed by atoms with Crippen LogP contribution in [0.2, 0.25) is 5.02 Å². The van der Waals surface area contributed by atoms with Gasteiger partial charge in [-0.15, -0.1) is 0 Å². The van der Waals surface area contributed by atoms with Crippen LogP contribution in [0.4, 0.5) is 0 Å². The van der Waals surface area contributed by atoms with Crippen molar-refractivity contribution < 1.29 is 9.21 Å². The highest BCUT2D eigenvalue weighted by Gasteiger charge is 2.25. The molecule has 18 heavy (non-hydrogen) atoms. The predicted molar refractivity (Wildman–Crippen MR) is 75.7 cm³/mol. The van der Waals surface area contributed by atoms with E-state index in [0.717, 1.165) is 24.0 Å². The molecule has 1 aromatic heterocycles. The zero-order chi connectivity index (χ0) is 12.5. The molecule has 1 saturated heterocycles. The van der Waals surface area contributed by atoms with Crippen LogP contribution in [0.3, 0.4) is 0 Å². The molecule has 2 heterocycles. The Hall–Kier alpha value is -0.930. The summed E-state index contributed by atoms with van der Waals surface area (Å²) in [6.07, 6.45) is 3.29. The largest absolute Gasteiger partial charge is 0.451 e. The molecule has 0 radical (unpaired) electrons. The van der Waals surface area contributed by atoms with Crippen LogP contribution in [0.1, 0.15) is 29.8 Å². The number of fused-ring (bicyclic) bond motifs is 1. The summed E-state index contributed by atoms with van der Waals surface area (Å²) in [5, 5.41) is 1.51. The molecule has 1 unspecified atom stereocenters. The molecule has 4 heteroatoms. The molecule has 0 spiro atoms. The summed E-state index contributed by atoms with van der Waals surface area (Å²) in [5.41, 5.74) is 0.614. The van der Waals surface area contributed by atoms with Gasteiger partial charge in [-0.05, 0) is 30.7 Å². The lowest BCUT2D eigenvalue weighted by molar-refractivity contribution is 0.0960. The lowest BCUT2D eigenvalue weighted by Gasteiger charge is -2.18. The van der Waals surface area contributed by atoms with Crippen molar-refractivity contribution in [1.82, 2.24) is 0 Å². The van der Waals surface area contributed by atoms with Gasteiger partial charge in [-0.2, -0.15) is 11.8 Å². The first kappa shape index (κ1) is 12.1. The van der Waals surface area contributed by atoms with Crippen LogP contribution < -0.4 is 0 Å². The lowest BCUT2D eigenvalue weighted by atomic mass is 10.1. The van der Waals surface area contributed by atoms with E-state index in [9.17, 15) is 4.79 Å². The van der Waals surface area contributed by atoms with E-state index in [0.29, 0.717) is 16.4 Å². The van der Waals surface area contributed by atoms with Crippen LogP contribution in [0.5, 0.6) is 0 Å². The number of hydrogen-bond acceptors (Lipinski definition) is 3. The molecular weight excluding hydrogens is 268 g/mol. The highest BCUT2D eigenvalue weighted by molar-refractivity contribution is 8.00. The van der Waals surface area contributed by atoms with Crippen LogP contribution in [0.15, 0.2) is 28.7 Å². The van der Waals surface area contributed by atoms with Gasteiger partial charge < -0.3 is 4.42 Å². The summed E-state index contributed by atoms with van der Waals surface area (Å²) in [5.74, 6) is 1.61. The van der Waals surface area contributed by atoms with Crippen LogP contribution in [-0.2, 0) is 0 Å². The maximum Gasteiger partial charge on any atom is 0.210 e. The number of carbonyl (C=O) groups is 1. The van der Waals surface area contributed by atoms with Gasteiger partial charge in [0, 0.05) is 5.39 Å². The highest BCUT2D eigenvalue weighted by Crippen LogP contribution is 2.31. The van der Waals surface area contributed by atoms with Gasteiger partial charge >= 0.3 is 0 Å². The number of carbonyl (C=O) groups excluding carboxylic acids is 1. The topological polar surface area (TPSA) is 30.2 Å². The molecule has 1 fully saturated rings. The fourth-order valence-electron chi connectivity index (χ4n) is 2.26. The Bertz CT molecular complexity index is 584. The first-order valence-corrected chi connectivity index (χ1v) is 7.52. The third-order valence-electron chi connectivity index (χ3n) is 3.21. The van der Waals surface area contributed by atoms with Crippen LogP contribution in [0, 0.1) is 0 Å². The van der Waals surface area contributed by atoms with Crippen molar-refractivity contribution >= 4 is 40.1 Å². The van der Waals surface area contributed by atoms with E-state index in [1.807, 2.05) is 12.1 Å². The molecule has 3 rings (SSSR count). The predicted octanol–water partition coefficient (Wildman–Crippen LogP) is 4.55. The maximum absolute atomic E-state index is 12.3. The fraction of sp³-hybridized carbons (Fsp3) is 0.357. The van der Waals surface area contributed by atoms with E-state index < -0.39 is 0 Å². The molecule has 0 bridgehead atoms. The first-order valence-electron chi connectivity index (χ1n) is 6.09. The molecule has 0 N–H and O–H groups in total. The van der Waals surface area contributed by atoms with Crippen molar-refractivity contribution in [2.24, 2.45) is 0 Å². The van der Waals surface area contributed by atoms with E-state index in [1.54, 1.807) is 23.9 Å². The third kappa shape index (κ3) is 2.17. The Morgan fingerprint density at radius 3 is 3.00 bits per heavy atom. The average molecular weight is 281 g/mol. The van der Waals surface area contributed by atoms with Crippen molar-refractivity contribution in [3.8, 4) is 0 Å². The molecule has 2 aromatic rings. The number of ketones is 1. The standard InChI is InChI=1S/C14H13ClO2S/c15-10-5-3-4-9-8-11(17-14(9)10)13(16)12-6-1-2-7-18-12/h3-5,8,12H,1-2,6-7H2. The van der Waals surface area contributed by atoms with Gasteiger partial charge in [0.25, 0.3) is 0 Å². The summed E-state index contributed by atoms with van der Waals surface area (Å²) in [7, 11) is 0. The van der Waals surface area contributed by atoms with Gasteiger partial charge in [0.05, 0.1) is 10.3 Å². The number of rotatable bonds is 2. The minimum atomic E-state index is 0.0538. The molecule has 1 aromatic carbocycles. The Morgan fingerprint density at radius 1 is 1.39 bits per heavy atom. The number of furan rings is 1. The summed E-state index contributed by atoms with van der Waals surface area (Å²) in [6, 6.07) is 7.36. The second-order valence-corrected chi connectivity index (χ2v) is 6.21. The molecular formula is C14H13ClO2S. The maximum atomic E-state index is 12.3. The van der Waals surface area contributed by atoms with E-state index >= 15 is 0 Å². The molecule has 1 aliphatic rings. The number of halogens is 1. The SMILES string of the molecule is O=C(c1cc2cccc(Cl)c2o1)C1CCCCS1. The third-order valence-corrected chi connectivity index (χ3v) is 4.89. The Labute approximate surface area is 115 Å². The van der Waals surface area contributed by atoms with Crippen molar-refractivity contribution in [1.29, 1.82) is 0 Å².